The molecular formula is C19H30N4O2. The first-order valence-electron chi connectivity index (χ1n) is 8.97. The average molecular weight is 346 g/mol. The summed E-state index contributed by atoms with van der Waals surface area (Å²) in [5.74, 6) is -0.149. The summed E-state index contributed by atoms with van der Waals surface area (Å²) >= 11 is 0. The molecule has 0 bridgehead atoms. The van der Waals surface area contributed by atoms with Crippen molar-refractivity contribution in [2.75, 3.05) is 58.7 Å². The van der Waals surface area contributed by atoms with Crippen LogP contribution in [-0.2, 0) is 4.79 Å². The minimum Gasteiger partial charge on any atom is -0.345 e. The van der Waals surface area contributed by atoms with Gasteiger partial charge in [0.05, 0.1) is 11.3 Å². The number of likely N-dealkylation sites (N-methyl/N-ethyl adjacent to an activating group) is 1. The van der Waals surface area contributed by atoms with E-state index in [-0.39, 0.29) is 11.8 Å². The van der Waals surface area contributed by atoms with Gasteiger partial charge in [0.1, 0.15) is 0 Å². The molecule has 2 rings (SSSR count). The third kappa shape index (κ3) is 5.54. The molecule has 0 aromatic heterocycles. The number of nitrogens with zero attached hydrogens (tertiary/aromatic N) is 3. The van der Waals surface area contributed by atoms with E-state index in [1.54, 1.807) is 14.1 Å². The smallest absolute Gasteiger partial charge is 0.255 e. The minimum absolute atomic E-state index is 0.0467. The van der Waals surface area contributed by atoms with Gasteiger partial charge in [-0.25, -0.2) is 0 Å². The van der Waals surface area contributed by atoms with Crippen LogP contribution in [0.2, 0.25) is 0 Å². The maximum absolute atomic E-state index is 12.3. The zero-order valence-corrected chi connectivity index (χ0v) is 15.8. The summed E-state index contributed by atoms with van der Waals surface area (Å²) in [5.41, 5.74) is 2.12. The van der Waals surface area contributed by atoms with Crippen LogP contribution in [0.15, 0.2) is 18.2 Å². The summed E-state index contributed by atoms with van der Waals surface area (Å²) in [4.78, 5) is 30.9. The van der Waals surface area contributed by atoms with Crippen LogP contribution >= 0.6 is 0 Å². The first-order chi connectivity index (χ1) is 11.9. The summed E-state index contributed by atoms with van der Waals surface area (Å²) in [6, 6.07) is 5.54. The number of aryl methyl sites for hydroxylation is 1. The van der Waals surface area contributed by atoms with Crippen LogP contribution < -0.4 is 5.32 Å². The number of rotatable bonds is 6. The first-order valence-corrected chi connectivity index (χ1v) is 8.97. The Morgan fingerprint density at radius 1 is 1.12 bits per heavy atom. The van der Waals surface area contributed by atoms with Crippen LogP contribution in [0.1, 0.15) is 29.3 Å². The highest BCUT2D eigenvalue weighted by Crippen LogP contribution is 2.19. The van der Waals surface area contributed by atoms with Crippen LogP contribution in [0.3, 0.4) is 0 Å². The van der Waals surface area contributed by atoms with Gasteiger partial charge in [-0.2, -0.15) is 0 Å². The number of carbonyl (C=O) groups is 2. The lowest BCUT2D eigenvalue weighted by Gasteiger charge is -2.33. The second-order valence-electron chi connectivity index (χ2n) is 6.82. The lowest BCUT2D eigenvalue weighted by Crippen LogP contribution is -2.46. The van der Waals surface area contributed by atoms with Gasteiger partial charge in [0, 0.05) is 53.2 Å². The molecule has 0 unspecified atom stereocenters. The molecule has 0 aliphatic carbocycles. The standard InChI is InChI=1S/C19H30N4O2/c1-5-22-10-12-23(13-11-22)9-8-18(24)20-17-7-6-15(2)14-16(17)19(25)21(3)4/h6-7,14H,5,8-13H2,1-4H3,(H,20,24). The van der Waals surface area contributed by atoms with E-state index in [0.717, 1.165) is 44.8 Å². The van der Waals surface area contributed by atoms with Crippen LogP contribution in [0.5, 0.6) is 0 Å². The van der Waals surface area contributed by atoms with Gasteiger partial charge in [-0.1, -0.05) is 18.6 Å². The summed E-state index contributed by atoms with van der Waals surface area (Å²) in [6.07, 6.45) is 0.440. The molecule has 1 saturated heterocycles. The van der Waals surface area contributed by atoms with Gasteiger partial charge in [0.2, 0.25) is 5.91 Å². The quantitative estimate of drug-likeness (QED) is 0.851. The molecule has 1 aromatic rings. The van der Waals surface area contributed by atoms with Crippen LogP contribution in [0.4, 0.5) is 5.69 Å². The third-order valence-electron chi connectivity index (χ3n) is 4.65. The van der Waals surface area contributed by atoms with Gasteiger partial charge in [-0.15, -0.1) is 0 Å². The molecule has 25 heavy (non-hydrogen) atoms. The summed E-state index contributed by atoms with van der Waals surface area (Å²) in [7, 11) is 3.43. The highest BCUT2D eigenvalue weighted by molar-refractivity contribution is 6.03. The third-order valence-corrected chi connectivity index (χ3v) is 4.65. The van der Waals surface area contributed by atoms with Crippen LogP contribution in [0, 0.1) is 6.92 Å². The summed E-state index contributed by atoms with van der Waals surface area (Å²) in [5, 5.41) is 2.91. The van der Waals surface area contributed by atoms with E-state index in [9.17, 15) is 9.59 Å². The molecule has 1 aliphatic heterocycles. The monoisotopic (exact) mass is 346 g/mol. The predicted octanol–water partition coefficient (Wildman–Crippen LogP) is 1.66. The maximum Gasteiger partial charge on any atom is 0.255 e. The summed E-state index contributed by atoms with van der Waals surface area (Å²) in [6.45, 7) is 10.1. The van der Waals surface area contributed by atoms with Crippen LogP contribution in [0.25, 0.3) is 0 Å². The van der Waals surface area contributed by atoms with E-state index in [1.165, 1.54) is 4.90 Å². The molecule has 0 atom stereocenters. The zero-order chi connectivity index (χ0) is 18.4. The average Bonchev–Trinajstić information content (AvgIpc) is 2.61. The molecule has 0 radical (unpaired) electrons. The SMILES string of the molecule is CCN1CCN(CCC(=O)Nc2ccc(C)cc2C(=O)N(C)C)CC1. The highest BCUT2D eigenvalue weighted by atomic mass is 16.2. The topological polar surface area (TPSA) is 55.9 Å². The fourth-order valence-electron chi connectivity index (χ4n) is 2.99. The van der Waals surface area contributed by atoms with Crippen molar-refractivity contribution >= 4 is 17.5 Å². The number of nitrogens with one attached hydrogen (secondary N) is 1. The number of carbonyl (C=O) groups excluding carboxylic acids is 2. The molecule has 0 saturated carbocycles. The van der Waals surface area contributed by atoms with E-state index in [0.29, 0.717) is 17.7 Å². The fourth-order valence-corrected chi connectivity index (χ4v) is 2.99. The van der Waals surface area contributed by atoms with Crippen molar-refractivity contribution in [2.24, 2.45) is 0 Å². The van der Waals surface area contributed by atoms with Gasteiger partial charge >= 0.3 is 0 Å². The molecule has 1 aliphatic rings. The lowest BCUT2D eigenvalue weighted by atomic mass is 10.1. The Morgan fingerprint density at radius 2 is 1.76 bits per heavy atom. The Kier molecular flexibility index (Phi) is 6.96. The molecule has 0 spiro atoms. The van der Waals surface area contributed by atoms with E-state index >= 15 is 0 Å². The number of anilines is 1. The summed E-state index contributed by atoms with van der Waals surface area (Å²) < 4.78 is 0. The van der Waals surface area contributed by atoms with Gasteiger partial charge in [-0.3, -0.25) is 9.59 Å². The largest absolute Gasteiger partial charge is 0.345 e. The first kappa shape index (κ1) is 19.4. The van der Waals surface area contributed by atoms with E-state index in [1.807, 2.05) is 25.1 Å². The Labute approximate surface area is 150 Å². The maximum atomic E-state index is 12.3. The van der Waals surface area contributed by atoms with Crippen molar-refractivity contribution in [3.05, 3.63) is 29.3 Å². The Morgan fingerprint density at radius 3 is 2.36 bits per heavy atom. The molecule has 1 aromatic carbocycles. The molecule has 1 N–H and O–H groups in total. The molecule has 6 heteroatoms. The Balaban J connectivity index is 1.91. The van der Waals surface area contributed by atoms with Crippen molar-refractivity contribution in [1.82, 2.24) is 14.7 Å². The zero-order valence-electron chi connectivity index (χ0n) is 15.8. The second kappa shape index (κ2) is 8.97. The van der Waals surface area contributed by atoms with Gasteiger partial charge in [0.25, 0.3) is 5.91 Å². The molecule has 138 valence electrons. The van der Waals surface area contributed by atoms with Crippen LogP contribution in [-0.4, -0.2) is 79.9 Å². The molecule has 1 heterocycles. The van der Waals surface area contributed by atoms with Gasteiger partial charge in [-0.05, 0) is 25.6 Å². The highest BCUT2D eigenvalue weighted by Gasteiger charge is 2.18. The fraction of sp³-hybridized carbons (Fsp3) is 0.579. The molecule has 1 fully saturated rings. The van der Waals surface area contributed by atoms with Crippen molar-refractivity contribution in [3.8, 4) is 0 Å². The minimum atomic E-state index is -0.102. The van der Waals surface area contributed by atoms with Crippen molar-refractivity contribution in [2.45, 2.75) is 20.3 Å². The van der Waals surface area contributed by atoms with Gasteiger partial charge < -0.3 is 20.0 Å². The van der Waals surface area contributed by atoms with Gasteiger partial charge in [0.15, 0.2) is 0 Å². The number of hydrogen-bond donors (Lipinski definition) is 1. The Hall–Kier alpha value is -1.92. The van der Waals surface area contributed by atoms with Crippen molar-refractivity contribution < 1.29 is 9.59 Å². The normalized spacial score (nSPS) is 15.8. The van der Waals surface area contributed by atoms with Crippen molar-refractivity contribution in [1.29, 1.82) is 0 Å². The van der Waals surface area contributed by atoms with E-state index in [2.05, 4.69) is 22.0 Å². The van der Waals surface area contributed by atoms with E-state index in [4.69, 9.17) is 0 Å². The molecular weight excluding hydrogens is 316 g/mol. The number of piperazine rings is 1. The molecule has 6 nitrogen and oxygen atoms in total. The number of amides is 2. The lowest BCUT2D eigenvalue weighted by molar-refractivity contribution is -0.116. The number of hydrogen-bond acceptors (Lipinski definition) is 4. The van der Waals surface area contributed by atoms with Crippen molar-refractivity contribution in [3.63, 3.8) is 0 Å². The van der Waals surface area contributed by atoms with E-state index < -0.39 is 0 Å². The Bertz CT molecular complexity index is 607. The number of benzene rings is 1. The second-order valence-corrected chi connectivity index (χ2v) is 6.82. The molecule has 2 amide bonds. The predicted molar refractivity (Wildman–Crippen MR) is 101 cm³/mol.